The minimum absolute atomic E-state index is 0.0227. The van der Waals surface area contributed by atoms with E-state index in [0.717, 1.165) is 73.2 Å². The van der Waals surface area contributed by atoms with E-state index in [1.165, 1.54) is 18.8 Å². The van der Waals surface area contributed by atoms with E-state index < -0.39 is 64.7 Å². The topological polar surface area (TPSA) is 336 Å². The third-order valence-electron chi connectivity index (χ3n) is 16.1. The van der Waals surface area contributed by atoms with E-state index >= 15 is 0 Å². The number of fused-ring (bicyclic) bond motifs is 9. The van der Waals surface area contributed by atoms with Crippen molar-refractivity contribution < 1.29 is 81.8 Å². The number of ether oxygens (including phenoxy) is 6. The van der Waals surface area contributed by atoms with Crippen LogP contribution in [0.3, 0.4) is 0 Å². The first kappa shape index (κ1) is 78.5. The van der Waals surface area contributed by atoms with Crippen molar-refractivity contribution in [2.75, 3.05) is 59.3 Å². The SMILES string of the molecule is C=COCCCN.C=COCCCNC(=O)CCC(NC(=O)OCC1c2ccccc2-c2ccccc21)C(=O)NCCCOC=C.O=C(Cl)CCC(NC(=O)OCC1c2ccccc2-c2ccccc21)C(=O)Cl.O=C(O)CCC(NC(=O)OCC1c2ccccc2-c2ccccc21)C(=O)O. The summed E-state index contributed by atoms with van der Waals surface area (Å²) in [6.45, 7) is 13.7. The number of carboxylic acid groups (broad SMARTS) is 2. The fourth-order valence-electron chi connectivity index (χ4n) is 11.3. The van der Waals surface area contributed by atoms with E-state index in [4.69, 9.17) is 67.6 Å². The van der Waals surface area contributed by atoms with Crippen molar-refractivity contribution in [2.45, 2.75) is 93.7 Å². The van der Waals surface area contributed by atoms with Crippen molar-refractivity contribution in [3.8, 4) is 33.4 Å². The van der Waals surface area contributed by atoms with E-state index in [1.807, 2.05) is 133 Å². The van der Waals surface area contributed by atoms with Gasteiger partial charge in [-0.15, -0.1) is 0 Å². The van der Waals surface area contributed by atoms with Gasteiger partial charge in [0.25, 0.3) is 0 Å². The Morgan fingerprint density at radius 2 is 0.760 bits per heavy atom. The molecule has 0 saturated carbocycles. The molecule has 3 atom stereocenters. The van der Waals surface area contributed by atoms with Gasteiger partial charge in [0.15, 0.2) is 0 Å². The zero-order valence-corrected chi connectivity index (χ0v) is 56.8. The van der Waals surface area contributed by atoms with E-state index in [9.17, 15) is 43.2 Å². The Labute approximate surface area is 590 Å². The van der Waals surface area contributed by atoms with Crippen molar-refractivity contribution in [3.05, 3.63) is 217 Å². The quantitative estimate of drug-likeness (QED) is 0.00793. The summed E-state index contributed by atoms with van der Waals surface area (Å²) >= 11 is 10.7. The summed E-state index contributed by atoms with van der Waals surface area (Å²) in [6, 6.07) is 44.5. The summed E-state index contributed by atoms with van der Waals surface area (Å²) in [4.78, 5) is 106. The monoisotopic (exact) mass is 1410 g/mol. The standard InChI is InChI=1S/C30H37N3O6.C20H17Cl2NO4.C20H19NO6.C5H11NO/c1-3-37-19-9-17-31-28(34)16-15-27(29(35)32-18-10-20-38-4-2)33-30(36)39-21-26-24-13-7-5-11-22(24)23-12-6-8-14-25(23)26;21-18(24)10-9-17(19(22)25)23-20(26)27-11-16-14-7-3-1-5-12(14)13-6-2-4-8-15(13)16;22-18(23)10-9-17(19(24)25)21-20(26)27-11-16-14-7-3-1-5-12(14)13-6-2-4-8-15(13)16;1-2-7-5-3-4-6/h3-8,11-14,26-27H,1-2,9-10,15-21H2,(H,31,34)(H,32,35)(H,33,36);1-8,16-17H,9-11H2,(H,23,26);1-8,16-17H,9-11H2,(H,21,26)(H,22,23)(H,24,25);2H,1,3-6H2. The number of nitrogens with one attached hydrogen (secondary N) is 5. The van der Waals surface area contributed by atoms with Crippen LogP contribution in [0.15, 0.2) is 184 Å². The molecular weight excluding hydrogens is 1330 g/mol. The first-order valence-electron chi connectivity index (χ1n) is 32.5. The van der Waals surface area contributed by atoms with Crippen molar-refractivity contribution in [2.24, 2.45) is 5.73 Å². The number of alkyl carbamates (subject to hydrolysis) is 3. The Morgan fingerprint density at radius 3 is 1.09 bits per heavy atom. The van der Waals surface area contributed by atoms with E-state index in [-0.39, 0.29) is 82.0 Å². The molecule has 0 heterocycles. The Hall–Kier alpha value is -10.5. The molecule has 25 heteroatoms. The summed E-state index contributed by atoms with van der Waals surface area (Å²) in [6.07, 6.45) is 3.42. The second-order valence-corrected chi connectivity index (χ2v) is 23.5. The second kappa shape index (κ2) is 42.4. The van der Waals surface area contributed by atoms with Crippen LogP contribution in [0.25, 0.3) is 33.4 Å². The average Bonchev–Trinajstić information content (AvgIpc) is 1.64. The molecule has 9 N–H and O–H groups in total. The lowest BCUT2D eigenvalue weighted by atomic mass is 9.98. The van der Waals surface area contributed by atoms with Gasteiger partial charge in [0.05, 0.1) is 38.6 Å². The molecule has 23 nitrogen and oxygen atoms in total. The molecule has 6 aromatic carbocycles. The van der Waals surface area contributed by atoms with Crippen LogP contribution in [0, 0.1) is 0 Å². The highest BCUT2D eigenvalue weighted by molar-refractivity contribution is 6.65. The summed E-state index contributed by atoms with van der Waals surface area (Å²) in [5.41, 5.74) is 18.3. The van der Waals surface area contributed by atoms with Crippen molar-refractivity contribution >= 4 is 75.7 Å². The number of rotatable bonds is 35. The number of hydrogen-bond donors (Lipinski definition) is 8. The van der Waals surface area contributed by atoms with Crippen LogP contribution in [0.5, 0.6) is 0 Å². The van der Waals surface area contributed by atoms with Crippen LogP contribution >= 0.6 is 23.2 Å². The Bertz CT molecular complexity index is 3490. The number of carbonyl (C=O) groups excluding carboxylic acids is 7. The molecule has 0 bridgehead atoms. The Kier molecular flexibility index (Phi) is 33.2. The highest BCUT2D eigenvalue weighted by atomic mass is 35.5. The average molecular weight is 1410 g/mol. The number of carboxylic acids is 2. The van der Waals surface area contributed by atoms with Gasteiger partial charge in [0.2, 0.25) is 22.3 Å². The zero-order chi connectivity index (χ0) is 72.2. The summed E-state index contributed by atoms with van der Waals surface area (Å²) in [5.74, 6) is -3.37. The number of hydrogen-bond acceptors (Lipinski definition) is 16. The molecule has 3 aliphatic rings. The van der Waals surface area contributed by atoms with Crippen LogP contribution in [-0.2, 0) is 57.2 Å². The molecule has 0 saturated heterocycles. The molecule has 0 aliphatic heterocycles. The molecule has 6 aromatic rings. The fourth-order valence-corrected chi connectivity index (χ4v) is 11.6. The van der Waals surface area contributed by atoms with Gasteiger partial charge in [-0.2, -0.15) is 0 Å². The molecule has 100 heavy (non-hydrogen) atoms. The molecule has 0 fully saturated rings. The number of amides is 5. The molecule has 0 spiro atoms. The largest absolute Gasteiger partial charge is 0.502 e. The van der Waals surface area contributed by atoms with Gasteiger partial charge in [-0.25, -0.2) is 19.2 Å². The molecule has 0 radical (unpaired) electrons. The number of aliphatic carboxylic acids is 2. The normalized spacial score (nSPS) is 12.6. The number of benzene rings is 6. The maximum absolute atomic E-state index is 12.8. The highest BCUT2D eigenvalue weighted by Gasteiger charge is 2.33. The number of halogens is 2. The lowest BCUT2D eigenvalue weighted by Crippen LogP contribution is -2.48. The first-order valence-corrected chi connectivity index (χ1v) is 33.2. The second-order valence-electron chi connectivity index (χ2n) is 22.7. The summed E-state index contributed by atoms with van der Waals surface area (Å²) < 4.78 is 31.1. The van der Waals surface area contributed by atoms with E-state index in [2.05, 4.69) is 58.5 Å². The van der Waals surface area contributed by atoms with Crippen molar-refractivity contribution in [1.29, 1.82) is 0 Å². The van der Waals surface area contributed by atoms with Gasteiger partial charge in [-0.05, 0) is 135 Å². The van der Waals surface area contributed by atoms with Gasteiger partial charge in [0.1, 0.15) is 37.9 Å². The van der Waals surface area contributed by atoms with Crippen molar-refractivity contribution in [3.63, 3.8) is 0 Å². The van der Waals surface area contributed by atoms with Gasteiger partial charge in [0, 0.05) is 50.1 Å². The number of carbonyl (C=O) groups is 9. The third kappa shape index (κ3) is 24.5. The van der Waals surface area contributed by atoms with Gasteiger partial charge >= 0.3 is 30.2 Å². The maximum atomic E-state index is 12.8. The van der Waals surface area contributed by atoms with Gasteiger partial charge in [-0.1, -0.05) is 165 Å². The predicted molar refractivity (Wildman–Crippen MR) is 378 cm³/mol. The lowest BCUT2D eigenvalue weighted by molar-refractivity contribution is -0.140. The fraction of sp³-hybridized carbons (Fsp3) is 0.320. The molecule has 9 rings (SSSR count). The Morgan fingerprint density at radius 1 is 0.440 bits per heavy atom. The van der Waals surface area contributed by atoms with E-state index in [0.29, 0.717) is 52.3 Å². The molecule has 0 aromatic heterocycles. The summed E-state index contributed by atoms with van der Waals surface area (Å²) in [7, 11) is 0. The van der Waals surface area contributed by atoms with Crippen LogP contribution in [-0.4, -0.2) is 140 Å². The van der Waals surface area contributed by atoms with Gasteiger partial charge in [-0.3, -0.25) is 24.0 Å². The maximum Gasteiger partial charge on any atom is 0.407 e. The zero-order valence-electron chi connectivity index (χ0n) is 55.3. The van der Waals surface area contributed by atoms with Crippen LogP contribution in [0.1, 0.15) is 109 Å². The minimum atomic E-state index is -1.31. The minimum Gasteiger partial charge on any atom is -0.502 e. The van der Waals surface area contributed by atoms with Crippen LogP contribution < -0.4 is 32.3 Å². The molecule has 530 valence electrons. The highest BCUT2D eigenvalue weighted by Crippen LogP contribution is 2.47. The van der Waals surface area contributed by atoms with Gasteiger partial charge < -0.3 is 71.0 Å². The molecule has 5 amide bonds. The van der Waals surface area contributed by atoms with Crippen LogP contribution in [0.4, 0.5) is 14.4 Å². The lowest BCUT2D eigenvalue weighted by Gasteiger charge is -2.20. The molecule has 3 unspecified atom stereocenters. The first-order chi connectivity index (χ1) is 48.4. The number of nitrogens with two attached hydrogens (primary N) is 1. The molecule has 3 aliphatic carbocycles. The van der Waals surface area contributed by atoms with Crippen LogP contribution in [0.2, 0.25) is 0 Å². The van der Waals surface area contributed by atoms with E-state index in [1.54, 1.807) is 0 Å². The smallest absolute Gasteiger partial charge is 0.407 e. The van der Waals surface area contributed by atoms with Crippen molar-refractivity contribution in [1.82, 2.24) is 26.6 Å². The summed E-state index contributed by atoms with van der Waals surface area (Å²) in [5, 5.41) is 29.2. The predicted octanol–water partition coefficient (Wildman–Crippen LogP) is 11.5. The Balaban J connectivity index is 0.000000230. The third-order valence-corrected chi connectivity index (χ3v) is 16.5. The molecular formula is C75H84Cl2N6O17.